The van der Waals surface area contributed by atoms with Gasteiger partial charge in [-0.25, -0.2) is 0 Å². The lowest BCUT2D eigenvalue weighted by atomic mass is 9.37. The number of rotatable bonds is 10. The van der Waals surface area contributed by atoms with Crippen molar-refractivity contribution in [2.45, 2.75) is 80.7 Å². The predicted octanol–water partition coefficient (Wildman–Crippen LogP) is 7.62. The number of aryl methyl sites for hydroxylation is 6. The third-order valence-electron chi connectivity index (χ3n) is 8.86. The van der Waals surface area contributed by atoms with E-state index in [1.165, 1.54) is 73.9 Å². The number of benzene rings is 4. The molecule has 0 nitrogen and oxygen atoms in total. The van der Waals surface area contributed by atoms with Crippen molar-refractivity contribution in [1.29, 1.82) is 0 Å². The van der Waals surface area contributed by atoms with E-state index in [0.717, 1.165) is 6.42 Å². The summed E-state index contributed by atoms with van der Waals surface area (Å²) < 4.78 is 0. The second-order valence-electron chi connectivity index (χ2n) is 12.1. The Bertz CT molecular complexity index is 1320. The van der Waals surface area contributed by atoms with Gasteiger partial charge in [-0.3, -0.25) is 0 Å². The molecule has 4 aromatic carbocycles. The van der Waals surface area contributed by atoms with Gasteiger partial charge in [0.2, 0.25) is 6.71 Å². The minimum atomic E-state index is -2.24. The highest BCUT2D eigenvalue weighted by Crippen LogP contribution is 2.24. The van der Waals surface area contributed by atoms with Gasteiger partial charge in [0, 0.05) is 0 Å². The average Bonchev–Trinajstić information content (AvgIpc) is 2.92. The zero-order chi connectivity index (χ0) is 28.9. The third-order valence-corrected chi connectivity index (χ3v) is 13.5. The van der Waals surface area contributed by atoms with Crippen molar-refractivity contribution in [2.24, 2.45) is 0 Å². The summed E-state index contributed by atoms with van der Waals surface area (Å²) in [7, 11) is -2.24. The fourth-order valence-electron chi connectivity index (χ4n) is 7.02. The summed E-state index contributed by atoms with van der Waals surface area (Å²) in [5.41, 5.74) is 11.2. The van der Waals surface area contributed by atoms with Crippen molar-refractivity contribution in [3.05, 3.63) is 129 Å². The first-order valence-electron chi connectivity index (χ1n) is 15.1. The molecule has 0 unspecified atom stereocenters. The van der Waals surface area contributed by atoms with Gasteiger partial charge in [0.05, 0.1) is 0 Å². The van der Waals surface area contributed by atoms with E-state index in [1.54, 1.807) is 5.20 Å². The summed E-state index contributed by atoms with van der Waals surface area (Å²) in [5, 5.41) is 4.65. The van der Waals surface area contributed by atoms with Gasteiger partial charge >= 0.3 is 0 Å². The minimum absolute atomic E-state index is 0.220. The Hall–Kier alpha value is -3.10. The zero-order valence-electron chi connectivity index (χ0n) is 26.1. The van der Waals surface area contributed by atoms with Gasteiger partial charge in [-0.15, -0.1) is 5.98 Å². The molecule has 4 rings (SSSR count). The van der Waals surface area contributed by atoms with Crippen LogP contribution in [-0.2, 0) is 0 Å². The largest absolute Gasteiger partial charge is 0.234 e. The molecule has 0 aliphatic rings. The molecule has 4 aromatic rings. The number of allylic oxidation sites excluding steroid dienone is 1. The average molecular weight is 543 g/mol. The molecule has 0 aromatic heterocycles. The Morgan fingerprint density at radius 1 is 0.625 bits per heavy atom. The highest BCUT2D eigenvalue weighted by Gasteiger charge is 2.37. The van der Waals surface area contributed by atoms with Gasteiger partial charge in [-0.05, 0) is 64.8 Å². The molecule has 0 spiro atoms. The van der Waals surface area contributed by atoms with Crippen LogP contribution in [0.1, 0.15) is 66.0 Å². The van der Waals surface area contributed by atoms with Gasteiger partial charge in [-0.2, -0.15) is 0 Å². The summed E-state index contributed by atoms with van der Waals surface area (Å²) in [4.78, 5) is 0. The molecule has 0 atom stereocenters. The Kier molecular flexibility index (Phi) is 9.74. The number of hydrogen-bond donors (Lipinski definition) is 0. The molecule has 0 saturated carbocycles. The fourth-order valence-corrected chi connectivity index (χ4v) is 11.0. The maximum atomic E-state index is 2.73. The highest BCUT2D eigenvalue weighted by molar-refractivity contribution is 7.07. The van der Waals surface area contributed by atoms with Crippen molar-refractivity contribution < 1.29 is 0 Å². The Morgan fingerprint density at radius 2 is 1.02 bits per heavy atom. The van der Waals surface area contributed by atoms with E-state index < -0.39 is 8.07 Å². The molecule has 0 N–H and O–H groups in total. The molecule has 0 heterocycles. The molecule has 0 fully saturated rings. The van der Waals surface area contributed by atoms with Crippen LogP contribution in [0.4, 0.5) is 0 Å². The summed E-state index contributed by atoms with van der Waals surface area (Å²) >= 11 is 0. The van der Waals surface area contributed by atoms with E-state index in [2.05, 4.69) is 146 Å². The second kappa shape index (κ2) is 13.0. The predicted molar refractivity (Wildman–Crippen MR) is 182 cm³/mol. The molecule has 40 heavy (non-hydrogen) atoms. The first kappa shape index (κ1) is 29.9. The SMILES string of the molecule is CCCCC/C(=C/B(c1c(C)cc(C)cc1C)c1c(C)cc(C)cc1C)[Si](C)(c1ccccc1)c1ccccc1. The van der Waals surface area contributed by atoms with Crippen LogP contribution >= 0.6 is 0 Å². The molecule has 206 valence electrons. The van der Waals surface area contributed by atoms with E-state index in [-0.39, 0.29) is 6.71 Å². The van der Waals surface area contributed by atoms with E-state index in [9.17, 15) is 0 Å². The molecule has 0 aliphatic heterocycles. The first-order chi connectivity index (χ1) is 19.2. The standard InChI is InChI=1S/C38H47BSi/c1-9-10-13-22-36(40(8,34-18-14-11-15-19-34)35-20-16-12-17-21-35)27-39(37-30(4)23-28(2)24-31(37)5)38-32(6)25-29(3)26-33(38)7/h11-12,14-21,23-27H,9-10,13,22H2,1-8H3/b36-27-. The summed E-state index contributed by atoms with van der Waals surface area (Å²) in [6.07, 6.45) is 4.87. The summed E-state index contributed by atoms with van der Waals surface area (Å²) in [5.74, 6) is 2.73. The van der Waals surface area contributed by atoms with E-state index >= 15 is 0 Å². The van der Waals surface area contributed by atoms with Gasteiger partial charge in [0.25, 0.3) is 0 Å². The van der Waals surface area contributed by atoms with E-state index in [0.29, 0.717) is 0 Å². The molecule has 0 saturated heterocycles. The fraction of sp³-hybridized carbons (Fsp3) is 0.316. The van der Waals surface area contributed by atoms with Crippen LogP contribution in [0.3, 0.4) is 0 Å². The van der Waals surface area contributed by atoms with E-state index in [1.807, 2.05) is 0 Å². The van der Waals surface area contributed by atoms with Gasteiger partial charge in [-0.1, -0.05) is 161 Å². The molecular formula is C38H47BSi. The van der Waals surface area contributed by atoms with Crippen LogP contribution in [-0.4, -0.2) is 14.8 Å². The van der Waals surface area contributed by atoms with Crippen LogP contribution in [0.15, 0.2) is 96.1 Å². The van der Waals surface area contributed by atoms with Crippen LogP contribution < -0.4 is 21.3 Å². The summed E-state index contributed by atoms with van der Waals surface area (Å²) in [6, 6.07) is 32.3. The smallest absolute Gasteiger partial charge is 0.109 e. The molecule has 2 heteroatoms. The monoisotopic (exact) mass is 542 g/mol. The zero-order valence-corrected chi connectivity index (χ0v) is 27.1. The van der Waals surface area contributed by atoms with Crippen LogP contribution in [0.25, 0.3) is 0 Å². The quantitative estimate of drug-likeness (QED) is 0.143. The lowest BCUT2D eigenvalue weighted by Gasteiger charge is -2.34. The van der Waals surface area contributed by atoms with Crippen molar-refractivity contribution in [3.63, 3.8) is 0 Å². The summed E-state index contributed by atoms with van der Waals surface area (Å²) in [6.45, 7) is 18.8. The first-order valence-corrected chi connectivity index (χ1v) is 17.6. The lowest BCUT2D eigenvalue weighted by molar-refractivity contribution is 0.723. The lowest BCUT2D eigenvalue weighted by Crippen LogP contribution is -2.58. The molecule has 0 amide bonds. The van der Waals surface area contributed by atoms with Crippen LogP contribution in [0.5, 0.6) is 0 Å². The number of unbranched alkanes of at least 4 members (excludes halogenated alkanes) is 2. The Labute approximate surface area is 245 Å². The third kappa shape index (κ3) is 6.28. The van der Waals surface area contributed by atoms with Crippen molar-refractivity contribution in [1.82, 2.24) is 0 Å². The number of hydrogen-bond acceptors (Lipinski definition) is 0. The van der Waals surface area contributed by atoms with Crippen molar-refractivity contribution in [3.8, 4) is 0 Å². The van der Waals surface area contributed by atoms with Crippen LogP contribution in [0.2, 0.25) is 6.55 Å². The van der Waals surface area contributed by atoms with Gasteiger partial charge < -0.3 is 0 Å². The van der Waals surface area contributed by atoms with Crippen LogP contribution in [0, 0.1) is 41.5 Å². The van der Waals surface area contributed by atoms with Crippen molar-refractivity contribution >= 4 is 36.1 Å². The Balaban J connectivity index is 2.08. The minimum Gasteiger partial charge on any atom is -0.109 e. The Morgan fingerprint density at radius 3 is 1.40 bits per heavy atom. The van der Waals surface area contributed by atoms with Gasteiger partial charge in [0.15, 0.2) is 0 Å². The topological polar surface area (TPSA) is 0 Å². The normalized spacial score (nSPS) is 12.1. The molecule has 0 bridgehead atoms. The molecule has 0 radical (unpaired) electrons. The molecule has 0 aliphatic carbocycles. The maximum absolute atomic E-state index is 2.73. The highest BCUT2D eigenvalue weighted by atomic mass is 28.3. The van der Waals surface area contributed by atoms with E-state index in [4.69, 9.17) is 0 Å². The maximum Gasteiger partial charge on any atom is 0.234 e. The van der Waals surface area contributed by atoms with Crippen molar-refractivity contribution in [2.75, 3.05) is 0 Å². The second-order valence-corrected chi connectivity index (χ2v) is 16.2. The van der Waals surface area contributed by atoms with Gasteiger partial charge in [0.1, 0.15) is 8.07 Å². The molecular weight excluding hydrogens is 495 g/mol.